The third-order valence-electron chi connectivity index (χ3n) is 3.94. The van der Waals surface area contributed by atoms with Crippen molar-refractivity contribution in [2.45, 2.75) is 40.2 Å². The second-order valence-corrected chi connectivity index (χ2v) is 7.00. The fourth-order valence-corrected chi connectivity index (χ4v) is 2.81. The quantitative estimate of drug-likeness (QED) is 0.739. The second-order valence-electron chi connectivity index (χ2n) is 6.56. The van der Waals surface area contributed by atoms with Gasteiger partial charge in [-0.05, 0) is 50.6 Å². The molecule has 2 aromatic carbocycles. The minimum Gasteiger partial charge on any atom is -0.489 e. The summed E-state index contributed by atoms with van der Waals surface area (Å²) in [5.41, 5.74) is 2.25. The van der Waals surface area contributed by atoms with Crippen LogP contribution in [0, 0.1) is 6.92 Å². The van der Waals surface area contributed by atoms with Crippen molar-refractivity contribution in [2.24, 2.45) is 0 Å². The average Bonchev–Trinajstić information content (AvgIpc) is 2.59. The second kappa shape index (κ2) is 9.42. The molecule has 5 nitrogen and oxygen atoms in total. The van der Waals surface area contributed by atoms with E-state index in [2.05, 4.69) is 5.32 Å². The zero-order valence-corrected chi connectivity index (χ0v) is 16.8. The number of ether oxygens (including phenoxy) is 1. The van der Waals surface area contributed by atoms with Gasteiger partial charge in [-0.25, -0.2) is 0 Å². The minimum absolute atomic E-state index is 0.0194. The van der Waals surface area contributed by atoms with Gasteiger partial charge in [0, 0.05) is 30.6 Å². The lowest BCUT2D eigenvalue weighted by Gasteiger charge is -2.24. The van der Waals surface area contributed by atoms with Crippen LogP contribution in [0.15, 0.2) is 42.5 Å². The number of anilines is 2. The smallest absolute Gasteiger partial charge is 0.226 e. The lowest BCUT2D eigenvalue weighted by Crippen LogP contribution is -2.32. The van der Waals surface area contributed by atoms with Gasteiger partial charge < -0.3 is 15.0 Å². The topological polar surface area (TPSA) is 58.6 Å². The third kappa shape index (κ3) is 6.00. The summed E-state index contributed by atoms with van der Waals surface area (Å²) in [4.78, 5) is 26.1. The van der Waals surface area contributed by atoms with Crippen LogP contribution in [0.1, 0.15) is 32.8 Å². The van der Waals surface area contributed by atoms with Gasteiger partial charge in [0.2, 0.25) is 11.8 Å². The molecule has 144 valence electrons. The van der Waals surface area contributed by atoms with Crippen molar-refractivity contribution < 1.29 is 14.3 Å². The molecule has 0 bridgehead atoms. The van der Waals surface area contributed by atoms with E-state index in [1.165, 1.54) is 6.92 Å². The summed E-state index contributed by atoms with van der Waals surface area (Å²) in [6.45, 7) is 7.48. The summed E-state index contributed by atoms with van der Waals surface area (Å²) in [7, 11) is 0. The molecule has 2 amide bonds. The van der Waals surface area contributed by atoms with Crippen molar-refractivity contribution in [3.8, 4) is 5.75 Å². The number of rotatable bonds is 7. The van der Waals surface area contributed by atoms with Crippen LogP contribution in [0.5, 0.6) is 5.75 Å². The molecule has 1 N–H and O–H groups in total. The van der Waals surface area contributed by atoms with E-state index < -0.39 is 0 Å². The molecule has 0 heterocycles. The largest absolute Gasteiger partial charge is 0.489 e. The first kappa shape index (κ1) is 20.8. The number of carbonyl (C=O) groups is 2. The van der Waals surface area contributed by atoms with Crippen LogP contribution in [0.3, 0.4) is 0 Å². The molecule has 0 aliphatic heterocycles. The van der Waals surface area contributed by atoms with Crippen LogP contribution >= 0.6 is 11.6 Å². The fourth-order valence-electron chi connectivity index (χ4n) is 2.64. The third-order valence-corrected chi connectivity index (χ3v) is 4.17. The van der Waals surface area contributed by atoms with Crippen LogP contribution < -0.4 is 15.0 Å². The van der Waals surface area contributed by atoms with Crippen molar-refractivity contribution >= 4 is 34.8 Å². The van der Waals surface area contributed by atoms with E-state index in [0.29, 0.717) is 22.1 Å². The van der Waals surface area contributed by atoms with Crippen molar-refractivity contribution in [3.05, 3.63) is 53.1 Å². The monoisotopic (exact) mass is 388 g/mol. The van der Waals surface area contributed by atoms with Crippen molar-refractivity contribution in [1.29, 1.82) is 0 Å². The Morgan fingerprint density at radius 3 is 2.56 bits per heavy atom. The molecule has 0 spiro atoms. The van der Waals surface area contributed by atoms with Gasteiger partial charge in [-0.15, -0.1) is 0 Å². The Labute approximate surface area is 165 Å². The molecule has 0 unspecified atom stereocenters. The Balaban J connectivity index is 2.10. The van der Waals surface area contributed by atoms with Gasteiger partial charge >= 0.3 is 0 Å². The van der Waals surface area contributed by atoms with Crippen molar-refractivity contribution in [1.82, 2.24) is 0 Å². The molecule has 0 saturated heterocycles. The van der Waals surface area contributed by atoms with Crippen LogP contribution in [-0.4, -0.2) is 24.5 Å². The highest BCUT2D eigenvalue weighted by Crippen LogP contribution is 2.29. The summed E-state index contributed by atoms with van der Waals surface area (Å²) < 4.78 is 5.80. The summed E-state index contributed by atoms with van der Waals surface area (Å²) >= 11 is 5.99. The number of para-hydroxylation sites is 2. The van der Waals surface area contributed by atoms with Gasteiger partial charge in [-0.3, -0.25) is 9.59 Å². The summed E-state index contributed by atoms with van der Waals surface area (Å²) in [6, 6.07) is 12.7. The first-order valence-corrected chi connectivity index (χ1v) is 9.25. The Morgan fingerprint density at radius 1 is 1.19 bits per heavy atom. The number of aryl methyl sites for hydroxylation is 1. The Kier molecular flexibility index (Phi) is 7.25. The molecule has 0 fully saturated rings. The molecule has 6 heteroatoms. The van der Waals surface area contributed by atoms with Crippen molar-refractivity contribution in [2.75, 3.05) is 16.8 Å². The standard InChI is InChI=1S/C21H25ClN2O3/c1-14(2)27-20-8-6-5-7-19(20)24(16(4)25)12-11-21(26)23-18-13-17(22)10-9-15(18)3/h5-10,13-14H,11-12H2,1-4H3,(H,23,26). The Bertz CT molecular complexity index is 821. The molecule has 0 aliphatic carbocycles. The van der Waals surface area contributed by atoms with E-state index in [-0.39, 0.29) is 30.9 Å². The predicted octanol–water partition coefficient (Wildman–Crippen LogP) is 4.82. The molecule has 0 aliphatic rings. The van der Waals surface area contributed by atoms with E-state index >= 15 is 0 Å². The summed E-state index contributed by atoms with van der Waals surface area (Å²) in [5, 5.41) is 3.41. The van der Waals surface area contributed by atoms with Crippen LogP contribution in [-0.2, 0) is 9.59 Å². The van der Waals surface area contributed by atoms with E-state index in [0.717, 1.165) is 5.56 Å². The summed E-state index contributed by atoms with van der Waals surface area (Å²) in [6.07, 6.45) is 0.135. The molecule has 0 saturated carbocycles. The lowest BCUT2D eigenvalue weighted by molar-refractivity contribution is -0.117. The van der Waals surface area contributed by atoms with E-state index in [9.17, 15) is 9.59 Å². The first-order valence-electron chi connectivity index (χ1n) is 8.87. The van der Waals surface area contributed by atoms with Gasteiger partial charge in [-0.2, -0.15) is 0 Å². The normalized spacial score (nSPS) is 10.6. The maximum Gasteiger partial charge on any atom is 0.226 e. The molecule has 2 rings (SSSR count). The lowest BCUT2D eigenvalue weighted by atomic mass is 10.2. The van der Waals surface area contributed by atoms with Gasteiger partial charge in [0.1, 0.15) is 5.75 Å². The Morgan fingerprint density at radius 2 is 1.89 bits per heavy atom. The molecule has 0 aromatic heterocycles. The number of hydrogen-bond acceptors (Lipinski definition) is 3. The SMILES string of the molecule is CC(=O)N(CCC(=O)Nc1cc(Cl)ccc1C)c1ccccc1OC(C)C. The molecule has 2 aromatic rings. The molecular weight excluding hydrogens is 364 g/mol. The molecular formula is C21H25ClN2O3. The van der Waals surface area contributed by atoms with Gasteiger partial charge in [0.15, 0.2) is 0 Å². The maximum atomic E-state index is 12.4. The number of amides is 2. The van der Waals surface area contributed by atoms with Crippen LogP contribution in [0.2, 0.25) is 5.02 Å². The molecule has 0 radical (unpaired) electrons. The first-order chi connectivity index (χ1) is 12.8. The number of nitrogens with zero attached hydrogens (tertiary/aromatic N) is 1. The van der Waals surface area contributed by atoms with Gasteiger partial charge in [0.05, 0.1) is 11.8 Å². The minimum atomic E-state index is -0.186. The van der Waals surface area contributed by atoms with E-state index in [1.54, 1.807) is 17.0 Å². The maximum absolute atomic E-state index is 12.4. The zero-order chi connectivity index (χ0) is 20.0. The number of hydrogen-bond donors (Lipinski definition) is 1. The van der Waals surface area contributed by atoms with E-state index in [1.807, 2.05) is 51.1 Å². The predicted molar refractivity (Wildman–Crippen MR) is 110 cm³/mol. The number of nitrogens with one attached hydrogen (secondary N) is 1. The van der Waals surface area contributed by atoms with E-state index in [4.69, 9.17) is 16.3 Å². The highest BCUT2D eigenvalue weighted by Gasteiger charge is 2.18. The summed E-state index contributed by atoms with van der Waals surface area (Å²) in [5.74, 6) is 0.282. The highest BCUT2D eigenvalue weighted by molar-refractivity contribution is 6.31. The average molecular weight is 389 g/mol. The van der Waals surface area contributed by atoms with Gasteiger partial charge in [0.25, 0.3) is 0 Å². The number of carbonyl (C=O) groups excluding carboxylic acids is 2. The fraction of sp³-hybridized carbons (Fsp3) is 0.333. The zero-order valence-electron chi connectivity index (χ0n) is 16.1. The van der Waals surface area contributed by atoms with Crippen molar-refractivity contribution in [3.63, 3.8) is 0 Å². The van der Waals surface area contributed by atoms with Crippen LogP contribution in [0.4, 0.5) is 11.4 Å². The van der Waals surface area contributed by atoms with Crippen LogP contribution in [0.25, 0.3) is 0 Å². The highest BCUT2D eigenvalue weighted by atomic mass is 35.5. The van der Waals surface area contributed by atoms with Gasteiger partial charge in [-0.1, -0.05) is 29.8 Å². The molecule has 0 atom stereocenters. The number of benzene rings is 2. The Hall–Kier alpha value is -2.53. The molecule has 27 heavy (non-hydrogen) atoms. The number of halogens is 1.